The van der Waals surface area contributed by atoms with Crippen LogP contribution in [0.1, 0.15) is 39.5 Å². The molecule has 0 radical (unpaired) electrons. The highest BCUT2D eigenvalue weighted by atomic mass is 35.5. The van der Waals surface area contributed by atoms with Gasteiger partial charge < -0.3 is 15.1 Å². The first-order valence-electron chi connectivity index (χ1n) is 9.97. The van der Waals surface area contributed by atoms with Crippen LogP contribution in [-0.2, 0) is 14.4 Å². The van der Waals surface area contributed by atoms with Gasteiger partial charge in [0, 0.05) is 49.2 Å². The topological polar surface area (TPSA) is 69.7 Å². The van der Waals surface area contributed by atoms with Gasteiger partial charge in [-0.1, -0.05) is 25.4 Å². The Labute approximate surface area is 171 Å². The summed E-state index contributed by atoms with van der Waals surface area (Å²) < 4.78 is 0. The Bertz CT molecular complexity index is 727. The molecule has 0 bridgehead atoms. The molecule has 0 aromatic heterocycles. The van der Waals surface area contributed by atoms with Crippen LogP contribution in [-0.4, -0.2) is 48.3 Å². The van der Waals surface area contributed by atoms with Gasteiger partial charge in [0.25, 0.3) is 0 Å². The highest BCUT2D eigenvalue weighted by Gasteiger charge is 2.36. The molecule has 3 amide bonds. The first-order valence-corrected chi connectivity index (χ1v) is 10.4. The van der Waals surface area contributed by atoms with E-state index in [4.69, 9.17) is 11.6 Å². The minimum atomic E-state index is -0.344. The Morgan fingerprint density at radius 1 is 1.18 bits per heavy atom. The molecule has 3 rings (SSSR count). The number of hydrogen-bond acceptors (Lipinski definition) is 3. The molecule has 28 heavy (non-hydrogen) atoms. The van der Waals surface area contributed by atoms with E-state index in [9.17, 15) is 14.4 Å². The first kappa shape index (κ1) is 20.6. The summed E-state index contributed by atoms with van der Waals surface area (Å²) in [5.41, 5.74) is 0.765. The van der Waals surface area contributed by atoms with Crippen LogP contribution in [0, 0.1) is 11.8 Å². The standard InChI is InChI=1S/C21H28ClN3O3/c1-14(2)11-19(26)24-9-7-17(8-10-24)23-21(28)15-12-20(27)25(13-15)18-5-3-16(22)4-6-18/h3-6,14-15,17H,7-13H2,1-2H3,(H,23,28). The smallest absolute Gasteiger partial charge is 0.227 e. The highest BCUT2D eigenvalue weighted by Crippen LogP contribution is 2.26. The summed E-state index contributed by atoms with van der Waals surface area (Å²) in [5, 5.41) is 3.70. The van der Waals surface area contributed by atoms with Crippen LogP contribution in [0.25, 0.3) is 0 Å². The number of anilines is 1. The summed E-state index contributed by atoms with van der Waals surface area (Å²) in [4.78, 5) is 40.7. The number of hydrogen-bond donors (Lipinski definition) is 1. The number of rotatable bonds is 5. The second-order valence-corrected chi connectivity index (χ2v) is 8.58. The summed E-state index contributed by atoms with van der Waals surface area (Å²) in [5.74, 6) is 0.0883. The zero-order valence-electron chi connectivity index (χ0n) is 16.5. The van der Waals surface area contributed by atoms with Crippen LogP contribution in [0.4, 0.5) is 5.69 Å². The predicted molar refractivity (Wildman–Crippen MR) is 109 cm³/mol. The van der Waals surface area contributed by atoms with Crippen molar-refractivity contribution in [2.75, 3.05) is 24.5 Å². The molecule has 1 aromatic rings. The number of amides is 3. The van der Waals surface area contributed by atoms with Crippen LogP contribution < -0.4 is 10.2 Å². The largest absolute Gasteiger partial charge is 0.353 e. The van der Waals surface area contributed by atoms with E-state index in [0.717, 1.165) is 18.5 Å². The lowest BCUT2D eigenvalue weighted by Crippen LogP contribution is -2.48. The van der Waals surface area contributed by atoms with Crippen molar-refractivity contribution in [3.05, 3.63) is 29.3 Å². The molecule has 0 spiro atoms. The van der Waals surface area contributed by atoms with Crippen LogP contribution in [0.2, 0.25) is 5.02 Å². The lowest BCUT2D eigenvalue weighted by Gasteiger charge is -2.33. The molecule has 2 fully saturated rings. The minimum absolute atomic E-state index is 0.0448. The zero-order chi connectivity index (χ0) is 20.3. The van der Waals surface area contributed by atoms with Crippen molar-refractivity contribution in [3.8, 4) is 0 Å². The average molecular weight is 406 g/mol. The van der Waals surface area contributed by atoms with E-state index in [0.29, 0.717) is 37.0 Å². The molecule has 7 heteroatoms. The van der Waals surface area contributed by atoms with Gasteiger partial charge in [0.1, 0.15) is 0 Å². The maximum atomic E-state index is 12.7. The van der Waals surface area contributed by atoms with Crippen molar-refractivity contribution in [1.29, 1.82) is 0 Å². The second kappa shape index (κ2) is 8.95. The van der Waals surface area contributed by atoms with Crippen molar-refractivity contribution in [2.45, 2.75) is 45.6 Å². The van der Waals surface area contributed by atoms with E-state index in [2.05, 4.69) is 5.32 Å². The van der Waals surface area contributed by atoms with Gasteiger partial charge in [0.05, 0.1) is 5.92 Å². The van der Waals surface area contributed by atoms with Gasteiger partial charge in [-0.2, -0.15) is 0 Å². The van der Waals surface area contributed by atoms with E-state index in [1.807, 2.05) is 18.7 Å². The van der Waals surface area contributed by atoms with Crippen LogP contribution >= 0.6 is 11.6 Å². The Morgan fingerprint density at radius 2 is 1.82 bits per heavy atom. The van der Waals surface area contributed by atoms with Crippen molar-refractivity contribution in [3.63, 3.8) is 0 Å². The van der Waals surface area contributed by atoms with E-state index in [1.54, 1.807) is 29.2 Å². The second-order valence-electron chi connectivity index (χ2n) is 8.14. The molecule has 1 aromatic carbocycles. The third-order valence-electron chi connectivity index (χ3n) is 5.41. The van der Waals surface area contributed by atoms with Gasteiger partial charge >= 0.3 is 0 Å². The Balaban J connectivity index is 1.49. The Kier molecular flexibility index (Phi) is 6.60. The van der Waals surface area contributed by atoms with Crippen molar-refractivity contribution >= 4 is 35.0 Å². The molecular weight excluding hydrogens is 378 g/mol. The summed E-state index contributed by atoms with van der Waals surface area (Å²) >= 11 is 5.90. The Hall–Kier alpha value is -2.08. The molecule has 2 aliphatic rings. The zero-order valence-corrected chi connectivity index (χ0v) is 17.2. The summed E-state index contributed by atoms with van der Waals surface area (Å²) in [6, 6.07) is 7.14. The number of carbonyl (C=O) groups excluding carboxylic acids is 3. The number of nitrogens with one attached hydrogen (secondary N) is 1. The third kappa shape index (κ3) is 5.04. The summed E-state index contributed by atoms with van der Waals surface area (Å²) in [6.07, 6.45) is 2.32. The summed E-state index contributed by atoms with van der Waals surface area (Å²) in [6.45, 7) is 5.83. The fourth-order valence-corrected chi connectivity index (χ4v) is 3.95. The molecule has 152 valence electrons. The van der Waals surface area contributed by atoms with E-state index >= 15 is 0 Å². The molecule has 1 unspecified atom stereocenters. The lowest BCUT2D eigenvalue weighted by molar-refractivity contribution is -0.133. The van der Waals surface area contributed by atoms with Gasteiger partial charge in [-0.15, -0.1) is 0 Å². The monoisotopic (exact) mass is 405 g/mol. The molecule has 1 atom stereocenters. The van der Waals surface area contributed by atoms with Gasteiger partial charge in [-0.05, 0) is 43.0 Å². The fourth-order valence-electron chi connectivity index (χ4n) is 3.82. The number of nitrogens with zero attached hydrogens (tertiary/aromatic N) is 2. The molecule has 6 nitrogen and oxygen atoms in total. The Morgan fingerprint density at radius 3 is 2.43 bits per heavy atom. The highest BCUT2D eigenvalue weighted by molar-refractivity contribution is 6.30. The van der Waals surface area contributed by atoms with Gasteiger partial charge in [-0.3, -0.25) is 14.4 Å². The maximum absolute atomic E-state index is 12.7. The van der Waals surface area contributed by atoms with Crippen molar-refractivity contribution < 1.29 is 14.4 Å². The SMILES string of the molecule is CC(C)CC(=O)N1CCC(NC(=O)C2CC(=O)N(c3ccc(Cl)cc3)C2)CC1. The fraction of sp³-hybridized carbons (Fsp3) is 0.571. The van der Waals surface area contributed by atoms with Gasteiger partial charge in [0.2, 0.25) is 17.7 Å². The number of halogens is 1. The quantitative estimate of drug-likeness (QED) is 0.818. The molecule has 0 saturated carbocycles. The number of carbonyl (C=O) groups is 3. The average Bonchev–Trinajstić information content (AvgIpc) is 3.04. The van der Waals surface area contributed by atoms with Crippen LogP contribution in [0.5, 0.6) is 0 Å². The van der Waals surface area contributed by atoms with E-state index < -0.39 is 0 Å². The predicted octanol–water partition coefficient (Wildman–Crippen LogP) is 2.85. The number of likely N-dealkylation sites (tertiary alicyclic amines) is 1. The molecule has 1 N–H and O–H groups in total. The third-order valence-corrected chi connectivity index (χ3v) is 5.66. The number of piperidine rings is 1. The minimum Gasteiger partial charge on any atom is -0.353 e. The number of benzene rings is 1. The van der Waals surface area contributed by atoms with Crippen molar-refractivity contribution in [2.24, 2.45) is 11.8 Å². The van der Waals surface area contributed by atoms with E-state index in [1.165, 1.54) is 0 Å². The van der Waals surface area contributed by atoms with Crippen LogP contribution in [0.3, 0.4) is 0 Å². The molecule has 2 heterocycles. The van der Waals surface area contributed by atoms with Crippen LogP contribution in [0.15, 0.2) is 24.3 Å². The first-order chi connectivity index (χ1) is 13.3. The summed E-state index contributed by atoms with van der Waals surface area (Å²) in [7, 11) is 0. The van der Waals surface area contributed by atoms with Crippen molar-refractivity contribution in [1.82, 2.24) is 10.2 Å². The van der Waals surface area contributed by atoms with E-state index in [-0.39, 0.29) is 36.1 Å². The lowest BCUT2D eigenvalue weighted by atomic mass is 10.0. The normalized spacial score (nSPS) is 20.7. The van der Waals surface area contributed by atoms with Gasteiger partial charge in [0.15, 0.2) is 0 Å². The molecule has 2 aliphatic heterocycles. The molecule has 2 saturated heterocycles. The van der Waals surface area contributed by atoms with Gasteiger partial charge in [-0.25, -0.2) is 0 Å². The molecular formula is C21H28ClN3O3. The maximum Gasteiger partial charge on any atom is 0.227 e. The molecule has 0 aliphatic carbocycles.